The standard InChI is InChI=1S/C28H36N4O2/c1-21-17-22(2)19-26(18-21)30-13-15-31(16-14-30)28(34)23-5-7-24(8-6-23)32-25(9-10-27(32)33)20-29-11-3-4-12-29/h5-8,17-19,25H,3-4,9-16,20H2,1-2H3. The van der Waals surface area contributed by atoms with Crippen LogP contribution >= 0.6 is 0 Å². The van der Waals surface area contributed by atoms with Gasteiger partial charge in [-0.25, -0.2) is 0 Å². The Morgan fingerprint density at radius 3 is 2.15 bits per heavy atom. The largest absolute Gasteiger partial charge is 0.368 e. The maximum absolute atomic E-state index is 13.2. The van der Waals surface area contributed by atoms with Gasteiger partial charge in [0.25, 0.3) is 5.91 Å². The van der Waals surface area contributed by atoms with Crippen LogP contribution in [0.25, 0.3) is 0 Å². The van der Waals surface area contributed by atoms with Crippen LogP contribution in [0.15, 0.2) is 42.5 Å². The number of anilines is 2. The molecule has 6 heteroatoms. The van der Waals surface area contributed by atoms with Crippen molar-refractivity contribution in [3.8, 4) is 0 Å². The topological polar surface area (TPSA) is 47.1 Å². The van der Waals surface area contributed by atoms with E-state index in [1.807, 2.05) is 34.1 Å². The van der Waals surface area contributed by atoms with Crippen LogP contribution in [0, 0.1) is 13.8 Å². The number of nitrogens with zero attached hydrogens (tertiary/aromatic N) is 4. The number of rotatable bonds is 5. The molecule has 0 radical (unpaired) electrons. The van der Waals surface area contributed by atoms with Crippen LogP contribution in [0.3, 0.4) is 0 Å². The van der Waals surface area contributed by atoms with E-state index in [0.29, 0.717) is 12.0 Å². The smallest absolute Gasteiger partial charge is 0.253 e. The Balaban J connectivity index is 1.21. The third-order valence-electron chi connectivity index (χ3n) is 7.52. The zero-order valence-corrected chi connectivity index (χ0v) is 20.5. The summed E-state index contributed by atoms with van der Waals surface area (Å²) in [6.07, 6.45) is 4.05. The highest BCUT2D eigenvalue weighted by Crippen LogP contribution is 2.29. The van der Waals surface area contributed by atoms with Crippen LogP contribution in [0.4, 0.5) is 11.4 Å². The summed E-state index contributed by atoms with van der Waals surface area (Å²) >= 11 is 0. The molecule has 3 aliphatic rings. The normalized spacial score (nSPS) is 21.5. The van der Waals surface area contributed by atoms with Gasteiger partial charge in [0.1, 0.15) is 0 Å². The van der Waals surface area contributed by atoms with Crippen molar-refractivity contribution in [3.63, 3.8) is 0 Å². The van der Waals surface area contributed by atoms with Gasteiger partial charge in [-0.15, -0.1) is 0 Å². The SMILES string of the molecule is Cc1cc(C)cc(N2CCN(C(=O)c3ccc(N4C(=O)CCC4CN4CCCC4)cc3)CC2)c1. The second-order valence-corrected chi connectivity index (χ2v) is 10.1. The summed E-state index contributed by atoms with van der Waals surface area (Å²) < 4.78 is 0. The summed E-state index contributed by atoms with van der Waals surface area (Å²) in [6.45, 7) is 10.6. The minimum Gasteiger partial charge on any atom is -0.368 e. The molecule has 3 heterocycles. The molecule has 180 valence electrons. The van der Waals surface area contributed by atoms with Gasteiger partial charge in [0.15, 0.2) is 0 Å². The Hall–Kier alpha value is -2.86. The molecule has 0 saturated carbocycles. The Morgan fingerprint density at radius 1 is 0.853 bits per heavy atom. The second kappa shape index (κ2) is 9.79. The van der Waals surface area contributed by atoms with Gasteiger partial charge < -0.3 is 19.6 Å². The molecule has 2 aromatic carbocycles. The number of carbonyl (C=O) groups excluding carboxylic acids is 2. The second-order valence-electron chi connectivity index (χ2n) is 10.1. The average Bonchev–Trinajstić information content (AvgIpc) is 3.48. The Kier molecular flexibility index (Phi) is 6.59. The zero-order chi connectivity index (χ0) is 23.7. The summed E-state index contributed by atoms with van der Waals surface area (Å²) in [5.74, 6) is 0.277. The lowest BCUT2D eigenvalue weighted by Gasteiger charge is -2.36. The molecule has 2 amide bonds. The first-order valence-corrected chi connectivity index (χ1v) is 12.7. The van der Waals surface area contributed by atoms with E-state index in [2.05, 4.69) is 41.8 Å². The molecule has 0 spiro atoms. The van der Waals surface area contributed by atoms with Crippen molar-refractivity contribution < 1.29 is 9.59 Å². The number of likely N-dealkylation sites (tertiary alicyclic amines) is 1. The first-order chi connectivity index (χ1) is 16.5. The Bertz CT molecular complexity index is 1020. The van der Waals surface area contributed by atoms with Gasteiger partial charge in [0, 0.05) is 56.1 Å². The third kappa shape index (κ3) is 4.83. The quantitative estimate of drug-likeness (QED) is 0.680. The summed E-state index contributed by atoms with van der Waals surface area (Å²) in [5.41, 5.74) is 5.41. The molecule has 0 N–H and O–H groups in total. The van der Waals surface area contributed by atoms with E-state index in [-0.39, 0.29) is 17.9 Å². The molecule has 0 aromatic heterocycles. The molecular formula is C28H36N4O2. The van der Waals surface area contributed by atoms with Crippen molar-refractivity contribution in [2.75, 3.05) is 55.6 Å². The first-order valence-electron chi connectivity index (χ1n) is 12.7. The van der Waals surface area contributed by atoms with Crippen LogP contribution in [-0.2, 0) is 4.79 Å². The number of aryl methyl sites for hydroxylation is 2. The van der Waals surface area contributed by atoms with Gasteiger partial charge in [0.05, 0.1) is 6.04 Å². The minimum absolute atomic E-state index is 0.0768. The number of hydrogen-bond acceptors (Lipinski definition) is 4. The molecule has 1 atom stereocenters. The average molecular weight is 461 g/mol. The molecule has 3 saturated heterocycles. The third-order valence-corrected chi connectivity index (χ3v) is 7.52. The number of benzene rings is 2. The summed E-state index contributed by atoms with van der Waals surface area (Å²) in [5, 5.41) is 0. The number of hydrogen-bond donors (Lipinski definition) is 0. The van der Waals surface area contributed by atoms with Crippen LogP contribution < -0.4 is 9.80 Å². The van der Waals surface area contributed by atoms with Crippen LogP contribution in [0.5, 0.6) is 0 Å². The minimum atomic E-state index is 0.0768. The van der Waals surface area contributed by atoms with Gasteiger partial charge in [0.2, 0.25) is 5.91 Å². The highest BCUT2D eigenvalue weighted by molar-refractivity contribution is 5.98. The lowest BCUT2D eigenvalue weighted by atomic mass is 10.1. The van der Waals surface area contributed by atoms with Crippen molar-refractivity contribution in [1.29, 1.82) is 0 Å². The fraction of sp³-hybridized carbons (Fsp3) is 0.500. The van der Waals surface area contributed by atoms with E-state index < -0.39 is 0 Å². The van der Waals surface area contributed by atoms with E-state index >= 15 is 0 Å². The molecule has 0 aliphatic carbocycles. The van der Waals surface area contributed by atoms with E-state index in [9.17, 15) is 9.59 Å². The summed E-state index contributed by atoms with van der Waals surface area (Å²) in [6, 6.07) is 14.6. The first kappa shape index (κ1) is 22.9. The van der Waals surface area contributed by atoms with E-state index in [1.54, 1.807) is 0 Å². The zero-order valence-electron chi connectivity index (χ0n) is 20.5. The molecular weight excluding hydrogens is 424 g/mol. The fourth-order valence-corrected chi connectivity index (χ4v) is 5.78. The van der Waals surface area contributed by atoms with E-state index in [4.69, 9.17) is 0 Å². The van der Waals surface area contributed by atoms with E-state index in [0.717, 1.165) is 57.9 Å². The van der Waals surface area contributed by atoms with Gasteiger partial charge >= 0.3 is 0 Å². The van der Waals surface area contributed by atoms with Crippen molar-refractivity contribution >= 4 is 23.2 Å². The van der Waals surface area contributed by atoms with Crippen LogP contribution in [0.2, 0.25) is 0 Å². The van der Waals surface area contributed by atoms with Crippen molar-refractivity contribution in [2.45, 2.75) is 45.6 Å². The monoisotopic (exact) mass is 460 g/mol. The predicted molar refractivity (Wildman–Crippen MR) is 137 cm³/mol. The van der Waals surface area contributed by atoms with Crippen molar-refractivity contribution in [3.05, 3.63) is 59.2 Å². The predicted octanol–water partition coefficient (Wildman–Crippen LogP) is 3.86. The fourth-order valence-electron chi connectivity index (χ4n) is 5.78. The molecule has 1 unspecified atom stereocenters. The lowest BCUT2D eigenvalue weighted by molar-refractivity contribution is -0.117. The number of amides is 2. The van der Waals surface area contributed by atoms with Gasteiger partial charge in [-0.2, -0.15) is 0 Å². The summed E-state index contributed by atoms with van der Waals surface area (Å²) in [4.78, 5) is 34.6. The van der Waals surface area contributed by atoms with Crippen molar-refractivity contribution in [2.24, 2.45) is 0 Å². The maximum atomic E-state index is 13.2. The maximum Gasteiger partial charge on any atom is 0.253 e. The molecule has 3 aliphatic heterocycles. The van der Waals surface area contributed by atoms with Crippen LogP contribution in [0.1, 0.15) is 47.2 Å². The van der Waals surface area contributed by atoms with Crippen molar-refractivity contribution in [1.82, 2.24) is 9.80 Å². The van der Waals surface area contributed by atoms with Gasteiger partial charge in [-0.1, -0.05) is 6.07 Å². The highest BCUT2D eigenvalue weighted by atomic mass is 16.2. The van der Waals surface area contributed by atoms with Crippen LogP contribution in [-0.4, -0.2) is 73.5 Å². The van der Waals surface area contributed by atoms with E-state index in [1.165, 1.54) is 29.7 Å². The Labute approximate surface area is 203 Å². The number of piperazine rings is 1. The molecule has 6 nitrogen and oxygen atoms in total. The molecule has 5 rings (SSSR count). The molecule has 2 aromatic rings. The molecule has 0 bridgehead atoms. The van der Waals surface area contributed by atoms with Gasteiger partial charge in [-0.3, -0.25) is 9.59 Å². The lowest BCUT2D eigenvalue weighted by Crippen LogP contribution is -2.48. The van der Waals surface area contributed by atoms with Gasteiger partial charge in [-0.05, 0) is 93.7 Å². The number of carbonyl (C=O) groups is 2. The molecule has 3 fully saturated rings. The summed E-state index contributed by atoms with van der Waals surface area (Å²) in [7, 11) is 0. The molecule has 34 heavy (non-hydrogen) atoms. The Morgan fingerprint density at radius 2 is 1.50 bits per heavy atom. The highest BCUT2D eigenvalue weighted by Gasteiger charge is 2.34.